The largest absolute Gasteiger partial charge is 0.478 e. The van der Waals surface area contributed by atoms with Crippen molar-refractivity contribution in [3.63, 3.8) is 0 Å². The number of anilines is 1. The number of carboxylic acid groups (broad SMARTS) is 2. The molecule has 0 saturated carbocycles. The summed E-state index contributed by atoms with van der Waals surface area (Å²) in [6, 6.07) is 15.6. The highest BCUT2D eigenvalue weighted by Gasteiger charge is 2.36. The first-order valence-electron chi connectivity index (χ1n) is 14.9. The molecule has 0 aliphatic carbocycles. The molecule has 3 aromatic heterocycles. The smallest absolute Gasteiger partial charge is 0.418 e. The van der Waals surface area contributed by atoms with Gasteiger partial charge in [0.25, 0.3) is 0 Å². The number of aromatic nitrogens is 5. The zero-order valence-corrected chi connectivity index (χ0v) is 25.8. The maximum absolute atomic E-state index is 14.4. The number of aryl methyl sites for hydroxylation is 1. The molecule has 3 N–H and O–H groups in total. The van der Waals surface area contributed by atoms with Crippen LogP contribution in [0.15, 0.2) is 90.1 Å². The van der Waals surface area contributed by atoms with Crippen LogP contribution in [0.2, 0.25) is 0 Å². The topological polar surface area (TPSA) is 155 Å². The molecule has 12 nitrogen and oxygen atoms in total. The number of piperazine rings is 1. The fourth-order valence-corrected chi connectivity index (χ4v) is 5.77. The first kappa shape index (κ1) is 32.8. The number of nitrogens with zero attached hydrogens (tertiary/aromatic N) is 6. The van der Waals surface area contributed by atoms with E-state index in [2.05, 4.69) is 20.3 Å². The maximum Gasteiger partial charge on any atom is 0.418 e. The highest BCUT2D eigenvalue weighted by molar-refractivity contribution is 6.05. The van der Waals surface area contributed by atoms with Crippen molar-refractivity contribution in [3.8, 4) is 16.8 Å². The number of hydrogen-bond donors (Lipinski definition) is 3. The van der Waals surface area contributed by atoms with Gasteiger partial charge in [-0.25, -0.2) is 14.4 Å². The molecule has 0 amide bonds. The lowest BCUT2D eigenvalue weighted by molar-refractivity contribution is -0.137. The summed E-state index contributed by atoms with van der Waals surface area (Å²) in [5.74, 6) is -2.51. The molecule has 6 aromatic rings. The van der Waals surface area contributed by atoms with E-state index < -0.39 is 29.4 Å². The van der Waals surface area contributed by atoms with Crippen LogP contribution in [-0.4, -0.2) is 72.4 Å². The molecule has 0 unspecified atom stereocenters. The van der Waals surface area contributed by atoms with E-state index in [0.29, 0.717) is 60.3 Å². The average Bonchev–Trinajstić information content (AvgIpc) is 3.36. The molecule has 0 radical (unpaired) electrons. The second-order valence-electron chi connectivity index (χ2n) is 11.1. The van der Waals surface area contributed by atoms with Crippen LogP contribution >= 0.6 is 0 Å². The summed E-state index contributed by atoms with van der Waals surface area (Å²) in [7, 11) is 1.60. The van der Waals surface area contributed by atoms with E-state index in [1.54, 1.807) is 36.6 Å². The molecule has 3 aromatic carbocycles. The van der Waals surface area contributed by atoms with Crippen molar-refractivity contribution in [1.82, 2.24) is 29.4 Å². The van der Waals surface area contributed by atoms with Crippen molar-refractivity contribution in [1.29, 1.82) is 0 Å². The molecule has 1 aliphatic rings. The number of carbonyl (C=O) groups is 2. The number of carboxylic acids is 2. The molecule has 1 aliphatic heterocycles. The molecular weight excluding hydrogens is 643 g/mol. The minimum Gasteiger partial charge on any atom is -0.478 e. The van der Waals surface area contributed by atoms with E-state index in [-0.39, 0.29) is 11.4 Å². The van der Waals surface area contributed by atoms with Crippen molar-refractivity contribution < 1.29 is 33.0 Å². The zero-order chi connectivity index (χ0) is 34.9. The number of alkyl halides is 3. The molecule has 4 heterocycles. The van der Waals surface area contributed by atoms with Crippen LogP contribution in [0.4, 0.5) is 18.9 Å². The third-order valence-corrected chi connectivity index (χ3v) is 8.06. The Hall–Kier alpha value is -6.09. The van der Waals surface area contributed by atoms with Gasteiger partial charge in [-0.15, -0.1) is 0 Å². The monoisotopic (exact) mass is 671 g/mol. The number of benzene rings is 3. The number of aliphatic carboxylic acids is 2. The van der Waals surface area contributed by atoms with Crippen LogP contribution < -0.4 is 15.9 Å². The second-order valence-corrected chi connectivity index (χ2v) is 11.1. The van der Waals surface area contributed by atoms with E-state index in [0.717, 1.165) is 28.2 Å². The van der Waals surface area contributed by atoms with Crippen molar-refractivity contribution >= 4 is 50.6 Å². The molecule has 1 fully saturated rings. The standard InChI is InChI=1S/C30H24F3N7O.C4H4O4/c1-38-27-17-37-23-5-2-18(19-3-6-24-25(15-19)36-9-8-35-24)14-21(23)28(27)40(29(38)41)20-4-7-26(22(16-20)30(31,32)33)39-12-10-34-11-13-39;5-3(6)1-2-4(7)8/h2-9,14-17,34H,10-13H2,1H3;1-2H,(H,5,6)(H,7,8). The van der Waals surface area contributed by atoms with Gasteiger partial charge in [-0.05, 0) is 53.6 Å². The number of imidazole rings is 1. The number of rotatable bonds is 5. The van der Waals surface area contributed by atoms with Gasteiger partial charge in [-0.3, -0.25) is 24.1 Å². The highest BCUT2D eigenvalue weighted by Crippen LogP contribution is 2.39. The SMILES string of the molecule is Cn1c(=O)n(-c2ccc(N3CCNCC3)c(C(F)(F)F)c2)c2c3cc(-c4ccc5nccnc5c4)ccc3ncc21.O=C(O)C=CC(=O)O. The quantitative estimate of drug-likeness (QED) is 0.221. The Morgan fingerprint density at radius 2 is 1.47 bits per heavy atom. The van der Waals surface area contributed by atoms with Crippen molar-refractivity contribution in [2.45, 2.75) is 6.18 Å². The number of nitrogens with one attached hydrogen (secondary N) is 1. The predicted molar refractivity (Wildman–Crippen MR) is 177 cm³/mol. The summed E-state index contributed by atoms with van der Waals surface area (Å²) in [4.78, 5) is 47.7. The predicted octanol–water partition coefficient (Wildman–Crippen LogP) is 4.63. The van der Waals surface area contributed by atoms with E-state index >= 15 is 0 Å². The Bertz CT molecular complexity index is 2310. The molecule has 1 saturated heterocycles. The Balaban J connectivity index is 0.000000466. The van der Waals surface area contributed by atoms with E-state index in [9.17, 15) is 27.6 Å². The van der Waals surface area contributed by atoms with Gasteiger partial charge >= 0.3 is 23.8 Å². The number of hydrogen-bond acceptors (Lipinski definition) is 8. The summed E-state index contributed by atoms with van der Waals surface area (Å²) in [6.45, 7) is 2.14. The lowest BCUT2D eigenvalue weighted by Gasteiger charge is -2.31. The molecular formula is C34H28F3N7O5. The van der Waals surface area contributed by atoms with Gasteiger partial charge in [0, 0.05) is 68.8 Å². The summed E-state index contributed by atoms with van der Waals surface area (Å²) in [5, 5.41) is 19.4. The zero-order valence-electron chi connectivity index (χ0n) is 25.8. The van der Waals surface area contributed by atoms with Crippen LogP contribution in [0, 0.1) is 0 Å². The maximum atomic E-state index is 14.4. The Morgan fingerprint density at radius 1 is 0.837 bits per heavy atom. The Labute approximate surface area is 275 Å². The molecule has 250 valence electrons. The van der Waals surface area contributed by atoms with Crippen molar-refractivity contribution in [3.05, 3.63) is 101 Å². The summed E-state index contributed by atoms with van der Waals surface area (Å²) in [6.07, 6.45) is 1.37. The first-order valence-corrected chi connectivity index (χ1v) is 14.9. The number of halogens is 3. The fourth-order valence-electron chi connectivity index (χ4n) is 5.77. The van der Waals surface area contributed by atoms with Crippen LogP contribution in [0.1, 0.15) is 5.56 Å². The van der Waals surface area contributed by atoms with Gasteiger partial charge in [0.1, 0.15) is 0 Å². The first-order chi connectivity index (χ1) is 23.4. The normalized spacial score (nSPS) is 13.6. The number of fused-ring (bicyclic) bond motifs is 4. The molecule has 49 heavy (non-hydrogen) atoms. The van der Waals surface area contributed by atoms with Gasteiger partial charge in [0.2, 0.25) is 0 Å². The van der Waals surface area contributed by atoms with E-state index in [1.807, 2.05) is 36.4 Å². The second kappa shape index (κ2) is 13.2. The minimum absolute atomic E-state index is 0.115. The highest BCUT2D eigenvalue weighted by atomic mass is 19.4. The van der Waals surface area contributed by atoms with E-state index in [4.69, 9.17) is 10.2 Å². The summed E-state index contributed by atoms with van der Waals surface area (Å²) >= 11 is 0. The van der Waals surface area contributed by atoms with Gasteiger partial charge in [0.15, 0.2) is 0 Å². The van der Waals surface area contributed by atoms with Gasteiger partial charge in [0.05, 0.1) is 45.0 Å². The van der Waals surface area contributed by atoms with Crippen molar-refractivity contribution in [2.75, 3.05) is 31.1 Å². The van der Waals surface area contributed by atoms with Crippen LogP contribution in [0.25, 0.3) is 49.8 Å². The van der Waals surface area contributed by atoms with Gasteiger partial charge in [-0.2, -0.15) is 13.2 Å². The average molecular weight is 672 g/mol. The Kier molecular flexibility index (Phi) is 8.84. The van der Waals surface area contributed by atoms with Gasteiger partial charge in [-0.1, -0.05) is 12.1 Å². The van der Waals surface area contributed by atoms with Crippen LogP contribution in [0.3, 0.4) is 0 Å². The molecule has 0 bridgehead atoms. The van der Waals surface area contributed by atoms with Crippen molar-refractivity contribution in [2.24, 2.45) is 7.05 Å². The number of pyridine rings is 1. The fraction of sp³-hybridized carbons (Fsp3) is 0.176. The minimum atomic E-state index is -4.60. The lowest BCUT2D eigenvalue weighted by atomic mass is 10.0. The van der Waals surface area contributed by atoms with Gasteiger partial charge < -0.3 is 20.4 Å². The molecule has 0 spiro atoms. The third kappa shape index (κ3) is 6.69. The summed E-state index contributed by atoms with van der Waals surface area (Å²) < 4.78 is 45.9. The summed E-state index contributed by atoms with van der Waals surface area (Å²) in [5.41, 5.74) is 3.92. The van der Waals surface area contributed by atoms with Crippen LogP contribution in [-0.2, 0) is 22.8 Å². The molecule has 15 heteroatoms. The molecule has 7 rings (SSSR count). The Morgan fingerprint density at radius 3 is 2.12 bits per heavy atom. The van der Waals surface area contributed by atoms with Crippen LogP contribution in [0.5, 0.6) is 0 Å². The third-order valence-electron chi connectivity index (χ3n) is 8.06. The molecule has 0 atom stereocenters. The lowest BCUT2D eigenvalue weighted by Crippen LogP contribution is -2.44. The van der Waals surface area contributed by atoms with E-state index in [1.165, 1.54) is 15.2 Å².